The van der Waals surface area contributed by atoms with E-state index in [2.05, 4.69) is 11.4 Å². The third kappa shape index (κ3) is 2.66. The maximum Gasteiger partial charge on any atom is 0.167 e. The van der Waals surface area contributed by atoms with Crippen LogP contribution in [0.1, 0.15) is 48.0 Å². The standard InChI is InChI=1S/C17H20N2O2/c1-21-16-7-3-6-14(15(16)10-18)17(20)11-8-12-4-2-5-13(9-11)19-12/h3,6-7,11-13,19H,2,4-5,8-9H2,1H3. The van der Waals surface area contributed by atoms with Crippen LogP contribution in [0, 0.1) is 17.2 Å². The number of ether oxygens (including phenoxy) is 1. The lowest BCUT2D eigenvalue weighted by molar-refractivity contribution is 0.0824. The van der Waals surface area contributed by atoms with Crippen LogP contribution in [0.3, 0.4) is 0 Å². The molecule has 3 rings (SSSR count). The van der Waals surface area contributed by atoms with Crippen LogP contribution in [0.25, 0.3) is 0 Å². The van der Waals surface area contributed by atoms with Gasteiger partial charge in [-0.15, -0.1) is 0 Å². The van der Waals surface area contributed by atoms with Crippen molar-refractivity contribution in [2.45, 2.75) is 44.2 Å². The Kier molecular flexibility index (Phi) is 3.94. The lowest BCUT2D eigenvalue weighted by Gasteiger charge is -2.39. The molecule has 110 valence electrons. The summed E-state index contributed by atoms with van der Waals surface area (Å²) in [4.78, 5) is 12.8. The monoisotopic (exact) mass is 284 g/mol. The summed E-state index contributed by atoms with van der Waals surface area (Å²) < 4.78 is 5.20. The molecule has 2 atom stereocenters. The largest absolute Gasteiger partial charge is 0.495 e. The minimum atomic E-state index is 0.0285. The first-order chi connectivity index (χ1) is 10.2. The van der Waals surface area contributed by atoms with Gasteiger partial charge in [-0.25, -0.2) is 0 Å². The molecule has 0 radical (unpaired) electrons. The Morgan fingerprint density at radius 3 is 2.67 bits per heavy atom. The van der Waals surface area contributed by atoms with Crippen LogP contribution in [-0.2, 0) is 0 Å². The van der Waals surface area contributed by atoms with Crippen LogP contribution in [0.2, 0.25) is 0 Å². The number of nitrogens with zero attached hydrogens (tertiary/aromatic N) is 1. The van der Waals surface area contributed by atoms with Crippen molar-refractivity contribution in [2.24, 2.45) is 5.92 Å². The van der Waals surface area contributed by atoms with E-state index in [0.717, 1.165) is 25.7 Å². The number of methoxy groups -OCH3 is 1. The average Bonchev–Trinajstić information content (AvgIpc) is 2.52. The van der Waals surface area contributed by atoms with E-state index in [-0.39, 0.29) is 11.7 Å². The maximum absolute atomic E-state index is 12.8. The molecule has 2 heterocycles. The third-order valence-corrected chi connectivity index (χ3v) is 4.71. The van der Waals surface area contributed by atoms with Crippen LogP contribution in [0.15, 0.2) is 18.2 Å². The highest BCUT2D eigenvalue weighted by molar-refractivity contribution is 6.00. The van der Waals surface area contributed by atoms with Crippen LogP contribution in [0.5, 0.6) is 5.75 Å². The smallest absolute Gasteiger partial charge is 0.167 e. The third-order valence-electron chi connectivity index (χ3n) is 4.71. The normalized spacial score (nSPS) is 27.7. The molecule has 2 aliphatic rings. The lowest BCUT2D eigenvalue weighted by atomic mass is 9.77. The van der Waals surface area contributed by atoms with Gasteiger partial charge in [0.2, 0.25) is 0 Å². The molecular weight excluding hydrogens is 264 g/mol. The highest BCUT2D eigenvalue weighted by Crippen LogP contribution is 2.33. The number of nitriles is 1. The molecule has 1 aromatic carbocycles. The number of ketones is 1. The van der Waals surface area contributed by atoms with Crippen molar-refractivity contribution in [2.75, 3.05) is 7.11 Å². The van der Waals surface area contributed by atoms with Gasteiger partial charge in [-0.05, 0) is 37.8 Å². The molecule has 2 aliphatic heterocycles. The summed E-state index contributed by atoms with van der Waals surface area (Å²) in [6.45, 7) is 0. The summed E-state index contributed by atoms with van der Waals surface area (Å²) >= 11 is 0. The van der Waals surface area contributed by atoms with Crippen molar-refractivity contribution in [3.8, 4) is 11.8 Å². The Morgan fingerprint density at radius 2 is 2.05 bits per heavy atom. The number of benzene rings is 1. The quantitative estimate of drug-likeness (QED) is 0.867. The predicted octanol–water partition coefficient (Wildman–Crippen LogP) is 2.67. The van der Waals surface area contributed by atoms with Gasteiger partial charge in [-0.1, -0.05) is 12.5 Å². The molecule has 1 N–H and O–H groups in total. The van der Waals surface area contributed by atoms with Crippen LogP contribution in [0.4, 0.5) is 0 Å². The van der Waals surface area contributed by atoms with Gasteiger partial charge in [-0.3, -0.25) is 4.79 Å². The van der Waals surface area contributed by atoms with Gasteiger partial charge < -0.3 is 10.1 Å². The van der Waals surface area contributed by atoms with E-state index in [1.807, 2.05) is 0 Å². The van der Waals surface area contributed by atoms with Gasteiger partial charge in [0, 0.05) is 23.6 Å². The summed E-state index contributed by atoms with van der Waals surface area (Å²) in [6.07, 6.45) is 5.34. The molecule has 0 saturated carbocycles. The van der Waals surface area contributed by atoms with Crippen molar-refractivity contribution < 1.29 is 9.53 Å². The second-order valence-corrected chi connectivity index (χ2v) is 6.02. The SMILES string of the molecule is COc1cccc(C(=O)C2CC3CCCC(C2)N3)c1C#N. The van der Waals surface area contributed by atoms with Crippen molar-refractivity contribution in [3.63, 3.8) is 0 Å². The molecule has 4 heteroatoms. The first kappa shape index (κ1) is 14.1. The minimum Gasteiger partial charge on any atom is -0.495 e. The maximum atomic E-state index is 12.8. The van der Waals surface area contributed by atoms with E-state index in [9.17, 15) is 10.1 Å². The van der Waals surface area contributed by atoms with E-state index in [1.54, 1.807) is 18.2 Å². The second-order valence-electron chi connectivity index (χ2n) is 6.02. The number of hydrogen-bond acceptors (Lipinski definition) is 4. The summed E-state index contributed by atoms with van der Waals surface area (Å²) in [5.41, 5.74) is 0.885. The number of rotatable bonds is 3. The van der Waals surface area contributed by atoms with Crippen LogP contribution < -0.4 is 10.1 Å². The number of fused-ring (bicyclic) bond motifs is 2. The Labute approximate surface area is 125 Å². The zero-order valence-electron chi connectivity index (χ0n) is 12.3. The number of carbonyl (C=O) groups excluding carboxylic acids is 1. The minimum absolute atomic E-state index is 0.0285. The summed E-state index contributed by atoms with van der Waals surface area (Å²) in [5.74, 6) is 0.613. The van der Waals surface area contributed by atoms with E-state index in [4.69, 9.17) is 4.74 Å². The van der Waals surface area contributed by atoms with Gasteiger partial charge in [-0.2, -0.15) is 5.26 Å². The molecule has 1 aromatic rings. The predicted molar refractivity (Wildman–Crippen MR) is 79.3 cm³/mol. The molecule has 21 heavy (non-hydrogen) atoms. The van der Waals surface area contributed by atoms with Crippen molar-refractivity contribution in [3.05, 3.63) is 29.3 Å². The number of nitrogens with one attached hydrogen (secondary N) is 1. The van der Waals surface area contributed by atoms with Crippen LogP contribution in [-0.4, -0.2) is 25.0 Å². The van der Waals surface area contributed by atoms with E-state index < -0.39 is 0 Å². The fourth-order valence-electron chi connectivity index (χ4n) is 3.72. The first-order valence-electron chi connectivity index (χ1n) is 7.60. The Balaban J connectivity index is 1.87. The van der Waals surface area contributed by atoms with E-state index >= 15 is 0 Å². The van der Waals surface area contributed by atoms with Crippen molar-refractivity contribution in [1.29, 1.82) is 5.26 Å². The van der Waals surface area contributed by atoms with Crippen LogP contribution >= 0.6 is 0 Å². The average molecular weight is 284 g/mol. The number of piperidine rings is 2. The molecule has 2 bridgehead atoms. The molecule has 0 aromatic heterocycles. The summed E-state index contributed by atoms with van der Waals surface area (Å²) in [6, 6.07) is 8.31. The Morgan fingerprint density at radius 1 is 1.33 bits per heavy atom. The molecule has 0 aliphatic carbocycles. The second kappa shape index (κ2) is 5.87. The highest BCUT2D eigenvalue weighted by atomic mass is 16.5. The fraction of sp³-hybridized carbons (Fsp3) is 0.529. The van der Waals surface area contributed by atoms with Gasteiger partial charge >= 0.3 is 0 Å². The topological polar surface area (TPSA) is 62.1 Å². The molecule has 0 spiro atoms. The summed E-state index contributed by atoms with van der Waals surface area (Å²) in [5, 5.41) is 12.9. The van der Waals surface area contributed by atoms with Crippen molar-refractivity contribution in [1.82, 2.24) is 5.32 Å². The molecule has 2 fully saturated rings. The van der Waals surface area contributed by atoms with E-state index in [0.29, 0.717) is 29.0 Å². The molecule has 2 unspecified atom stereocenters. The number of carbonyl (C=O) groups is 1. The molecule has 0 amide bonds. The van der Waals surface area contributed by atoms with E-state index in [1.165, 1.54) is 13.5 Å². The molecule has 4 nitrogen and oxygen atoms in total. The first-order valence-corrected chi connectivity index (χ1v) is 7.60. The highest BCUT2D eigenvalue weighted by Gasteiger charge is 2.35. The van der Waals surface area contributed by atoms with Gasteiger partial charge in [0.15, 0.2) is 5.78 Å². The number of hydrogen-bond donors (Lipinski definition) is 1. The number of Topliss-reactive ketones (excluding diaryl/α,β-unsaturated/α-hetero) is 1. The van der Waals surface area contributed by atoms with Crippen molar-refractivity contribution >= 4 is 5.78 Å². The zero-order valence-corrected chi connectivity index (χ0v) is 12.3. The molecule has 2 saturated heterocycles. The Bertz CT molecular complexity index is 579. The van der Waals surface area contributed by atoms with Gasteiger partial charge in [0.25, 0.3) is 0 Å². The van der Waals surface area contributed by atoms with Gasteiger partial charge in [0.1, 0.15) is 17.4 Å². The molecular formula is C17H20N2O2. The Hall–Kier alpha value is -1.86. The fourth-order valence-corrected chi connectivity index (χ4v) is 3.72. The van der Waals surface area contributed by atoms with Gasteiger partial charge in [0.05, 0.1) is 7.11 Å². The zero-order chi connectivity index (χ0) is 14.8. The summed E-state index contributed by atoms with van der Waals surface area (Å²) in [7, 11) is 1.53. The lowest BCUT2D eigenvalue weighted by Crippen LogP contribution is -2.50.